The van der Waals surface area contributed by atoms with Crippen molar-refractivity contribution in [2.45, 2.75) is 13.8 Å². The second kappa shape index (κ2) is 4.05. The monoisotopic (exact) mass is 102 g/mol. The smallest absolute Gasteiger partial charge is 0.0108 e. The number of hydrogen-bond acceptors (Lipinski definition) is 2. The Morgan fingerprint density at radius 2 is 1.86 bits per heavy atom. The third-order valence-electron chi connectivity index (χ3n) is 0.846. The lowest BCUT2D eigenvalue weighted by Gasteiger charge is -2.19. The van der Waals surface area contributed by atoms with Gasteiger partial charge in [-0.05, 0) is 0 Å². The van der Waals surface area contributed by atoms with Gasteiger partial charge < -0.3 is 5.21 Å². The Hall–Kier alpha value is -0.120. The van der Waals surface area contributed by atoms with Crippen molar-refractivity contribution in [1.82, 2.24) is 10.6 Å². The zero-order valence-corrected chi connectivity index (χ0v) is 4.72. The van der Waals surface area contributed by atoms with E-state index in [0.717, 1.165) is 0 Å². The molecule has 0 aliphatic heterocycles. The van der Waals surface area contributed by atoms with Gasteiger partial charge in [0, 0.05) is 13.1 Å². The second-order valence-electron chi connectivity index (χ2n) is 1.22. The Kier molecular flexibility index (Phi) is 3.98. The second-order valence-corrected chi connectivity index (χ2v) is 1.22. The van der Waals surface area contributed by atoms with Crippen molar-refractivity contribution in [2.24, 2.45) is 0 Å². The molecular weight excluding hydrogens is 92.1 g/mol. The van der Waals surface area contributed by atoms with Gasteiger partial charge >= 0.3 is 0 Å². The highest BCUT2D eigenvalue weighted by atomic mass is 16.5. The molecule has 0 aromatic rings. The highest BCUT2D eigenvalue weighted by Crippen LogP contribution is 1.77. The molecule has 3 nitrogen and oxygen atoms in total. The molecule has 0 aromatic carbocycles. The van der Waals surface area contributed by atoms with Gasteiger partial charge in [-0.25, -0.2) is 10.6 Å². The van der Waals surface area contributed by atoms with Crippen LogP contribution in [0.1, 0.15) is 13.8 Å². The quantitative estimate of drug-likeness (QED) is 0.482. The van der Waals surface area contributed by atoms with E-state index in [0.29, 0.717) is 13.1 Å². The summed E-state index contributed by atoms with van der Waals surface area (Å²) in [5.41, 5.74) is 2.71. The fraction of sp³-hybridized carbons (Fsp3) is 1.00. The summed E-state index contributed by atoms with van der Waals surface area (Å²) in [4.78, 5) is 0. The maximum absolute atomic E-state index is 9.64. The predicted octanol–water partition coefficient (Wildman–Crippen LogP) is 0.345. The summed E-state index contributed by atoms with van der Waals surface area (Å²) in [6.07, 6.45) is 0. The molecule has 7 heavy (non-hydrogen) atoms. The van der Waals surface area contributed by atoms with Crippen molar-refractivity contribution >= 4 is 0 Å². The average Bonchev–Trinajstić information content (AvgIpc) is 1.72. The van der Waals surface area contributed by atoms with Gasteiger partial charge in [0.05, 0.1) is 0 Å². The SMILES string of the molecule is CCN(CC)[N][O-]. The van der Waals surface area contributed by atoms with Crippen LogP contribution < -0.4 is 5.59 Å². The Bertz CT molecular complexity index is 31.2. The standard InChI is InChI=1S/C4H10N2O/c1-3-6(4-2)5-7/h3-4H2,1-2H3/q-1. The van der Waals surface area contributed by atoms with E-state index in [4.69, 9.17) is 0 Å². The van der Waals surface area contributed by atoms with Gasteiger partial charge in [-0.2, -0.15) is 0 Å². The van der Waals surface area contributed by atoms with Gasteiger partial charge in [0.1, 0.15) is 0 Å². The normalized spacial score (nSPS) is 10.3. The lowest BCUT2D eigenvalue weighted by molar-refractivity contribution is 0.240. The number of nitrogens with zero attached hydrogens (tertiary/aromatic N) is 2. The first-order valence-corrected chi connectivity index (χ1v) is 2.43. The molecule has 3 heteroatoms. The molecule has 0 heterocycles. The first-order chi connectivity index (χ1) is 3.35. The maximum atomic E-state index is 9.64. The number of rotatable bonds is 3. The molecule has 0 N–H and O–H groups in total. The molecule has 43 valence electrons. The van der Waals surface area contributed by atoms with Crippen LogP contribution in [0.15, 0.2) is 0 Å². The summed E-state index contributed by atoms with van der Waals surface area (Å²) in [5, 5.41) is 11.1. The Morgan fingerprint density at radius 1 is 1.43 bits per heavy atom. The van der Waals surface area contributed by atoms with Crippen LogP contribution in [0.2, 0.25) is 0 Å². The highest BCUT2D eigenvalue weighted by molar-refractivity contribution is 4.40. The van der Waals surface area contributed by atoms with Gasteiger partial charge in [-0.15, -0.1) is 0 Å². The van der Waals surface area contributed by atoms with Crippen molar-refractivity contribution in [3.8, 4) is 0 Å². The molecular formula is C4H10N2O-. The molecule has 0 aliphatic rings. The molecule has 0 saturated carbocycles. The molecule has 0 saturated heterocycles. The Morgan fingerprint density at radius 3 is 1.86 bits per heavy atom. The molecule has 0 atom stereocenters. The van der Waals surface area contributed by atoms with E-state index in [9.17, 15) is 5.21 Å². The molecule has 0 amide bonds. The third kappa shape index (κ3) is 2.56. The van der Waals surface area contributed by atoms with Crippen LogP contribution in [0.4, 0.5) is 0 Å². The van der Waals surface area contributed by atoms with Crippen LogP contribution in [-0.2, 0) is 0 Å². The van der Waals surface area contributed by atoms with E-state index in [-0.39, 0.29) is 0 Å². The van der Waals surface area contributed by atoms with Crippen LogP contribution in [0.25, 0.3) is 0 Å². The lowest BCUT2D eigenvalue weighted by Crippen LogP contribution is -2.27. The van der Waals surface area contributed by atoms with Gasteiger partial charge in [-0.3, -0.25) is 0 Å². The third-order valence-corrected chi connectivity index (χ3v) is 0.846. The fourth-order valence-electron chi connectivity index (χ4n) is 0.339. The van der Waals surface area contributed by atoms with Crippen LogP contribution in [0.5, 0.6) is 0 Å². The molecule has 0 unspecified atom stereocenters. The molecule has 1 radical (unpaired) electrons. The van der Waals surface area contributed by atoms with Crippen LogP contribution in [0.3, 0.4) is 0 Å². The molecule has 0 aromatic heterocycles. The van der Waals surface area contributed by atoms with E-state index in [2.05, 4.69) is 5.59 Å². The van der Waals surface area contributed by atoms with E-state index in [1.165, 1.54) is 5.01 Å². The minimum atomic E-state index is 0.708. The lowest BCUT2D eigenvalue weighted by atomic mass is 10.6. The Labute approximate surface area is 43.9 Å². The average molecular weight is 102 g/mol. The fourth-order valence-corrected chi connectivity index (χ4v) is 0.339. The van der Waals surface area contributed by atoms with E-state index < -0.39 is 0 Å². The van der Waals surface area contributed by atoms with E-state index in [1.807, 2.05) is 13.8 Å². The van der Waals surface area contributed by atoms with Crippen molar-refractivity contribution in [2.75, 3.05) is 13.1 Å². The number of hydrogen-bond donors (Lipinski definition) is 0. The van der Waals surface area contributed by atoms with E-state index >= 15 is 0 Å². The van der Waals surface area contributed by atoms with Crippen LogP contribution >= 0.6 is 0 Å². The summed E-state index contributed by atoms with van der Waals surface area (Å²) in [7, 11) is 0. The van der Waals surface area contributed by atoms with Crippen LogP contribution in [0, 0.1) is 5.21 Å². The maximum Gasteiger partial charge on any atom is 0.0108 e. The van der Waals surface area contributed by atoms with Crippen molar-refractivity contribution in [3.05, 3.63) is 5.21 Å². The van der Waals surface area contributed by atoms with Crippen molar-refractivity contribution in [1.29, 1.82) is 0 Å². The van der Waals surface area contributed by atoms with Gasteiger partial charge in [0.15, 0.2) is 0 Å². The molecule has 0 spiro atoms. The summed E-state index contributed by atoms with van der Waals surface area (Å²) in [6, 6.07) is 0. The molecule has 0 bridgehead atoms. The minimum Gasteiger partial charge on any atom is -0.757 e. The van der Waals surface area contributed by atoms with Crippen molar-refractivity contribution in [3.63, 3.8) is 0 Å². The predicted molar refractivity (Wildman–Crippen MR) is 28.4 cm³/mol. The molecule has 0 rings (SSSR count). The molecule has 0 aliphatic carbocycles. The summed E-state index contributed by atoms with van der Waals surface area (Å²) >= 11 is 0. The minimum absolute atomic E-state index is 0.708. The van der Waals surface area contributed by atoms with Gasteiger partial charge in [0.2, 0.25) is 0 Å². The topological polar surface area (TPSA) is 40.4 Å². The summed E-state index contributed by atoms with van der Waals surface area (Å²) in [5.74, 6) is 0. The summed E-state index contributed by atoms with van der Waals surface area (Å²) in [6.45, 7) is 5.20. The molecule has 0 fully saturated rings. The van der Waals surface area contributed by atoms with Crippen molar-refractivity contribution < 1.29 is 0 Å². The van der Waals surface area contributed by atoms with E-state index in [1.54, 1.807) is 0 Å². The largest absolute Gasteiger partial charge is 0.757 e. The zero-order chi connectivity index (χ0) is 5.70. The zero-order valence-electron chi connectivity index (χ0n) is 4.72. The van der Waals surface area contributed by atoms with Crippen LogP contribution in [-0.4, -0.2) is 18.1 Å². The first kappa shape index (κ1) is 6.88. The first-order valence-electron chi connectivity index (χ1n) is 2.43. The Balaban J connectivity index is 2.99. The summed E-state index contributed by atoms with van der Waals surface area (Å²) < 4.78 is 0. The van der Waals surface area contributed by atoms with Gasteiger partial charge in [-0.1, -0.05) is 13.8 Å². The van der Waals surface area contributed by atoms with Gasteiger partial charge in [0.25, 0.3) is 0 Å². The highest BCUT2D eigenvalue weighted by Gasteiger charge is 1.86.